The molecule has 1 spiro atoms. The number of carbonyl (C=O) groups excluding carboxylic acids is 1. The summed E-state index contributed by atoms with van der Waals surface area (Å²) in [5.74, 6) is -0.903. The third-order valence-corrected chi connectivity index (χ3v) is 7.55. The van der Waals surface area contributed by atoms with Crippen LogP contribution in [-0.4, -0.2) is 65.2 Å². The number of nitrogens with two attached hydrogens (primary N) is 1. The van der Waals surface area contributed by atoms with E-state index in [1.54, 1.807) is 36.0 Å². The maximum absolute atomic E-state index is 14.5. The summed E-state index contributed by atoms with van der Waals surface area (Å²) in [6.45, 7) is 7.41. The molecule has 0 unspecified atom stereocenters. The van der Waals surface area contributed by atoms with E-state index in [9.17, 15) is 9.18 Å². The molecule has 1 aromatic carbocycles. The first-order valence-corrected chi connectivity index (χ1v) is 12.2. The monoisotopic (exact) mass is 479 g/mol. The van der Waals surface area contributed by atoms with Crippen molar-refractivity contribution in [2.24, 2.45) is 4.99 Å². The summed E-state index contributed by atoms with van der Waals surface area (Å²) >= 11 is 0. The topological polar surface area (TPSA) is 91.3 Å². The molecule has 4 heterocycles. The van der Waals surface area contributed by atoms with E-state index in [2.05, 4.69) is 32.1 Å². The zero-order valence-corrected chi connectivity index (χ0v) is 20.5. The van der Waals surface area contributed by atoms with Gasteiger partial charge in [-0.1, -0.05) is 0 Å². The van der Waals surface area contributed by atoms with Crippen LogP contribution in [0.5, 0.6) is 0 Å². The highest BCUT2D eigenvalue weighted by molar-refractivity contribution is 6.11. The zero-order chi connectivity index (χ0) is 24.7. The van der Waals surface area contributed by atoms with E-state index in [-0.39, 0.29) is 7.07 Å². The molecule has 0 radical (unpaired) electrons. The number of likely N-dealkylation sites (tertiary alicyclic amines) is 1. The molecule has 0 saturated carbocycles. The first kappa shape index (κ1) is 23.3. The Morgan fingerprint density at radius 1 is 1.29 bits per heavy atom. The molecular weight excluding hydrogens is 445 g/mol. The fraction of sp³-hybridized carbons (Fsp3) is 0.423. The van der Waals surface area contributed by atoms with Crippen LogP contribution in [0.3, 0.4) is 0 Å². The summed E-state index contributed by atoms with van der Waals surface area (Å²) in [5.41, 5.74) is 10.6. The van der Waals surface area contributed by atoms with Gasteiger partial charge in [-0.25, -0.2) is 9.37 Å². The quantitative estimate of drug-likeness (QED) is 0.427. The fourth-order valence-corrected chi connectivity index (χ4v) is 5.31. The summed E-state index contributed by atoms with van der Waals surface area (Å²) in [7, 11) is 2.21. The van der Waals surface area contributed by atoms with Crippen LogP contribution in [0.2, 0.25) is 0 Å². The van der Waals surface area contributed by atoms with E-state index in [1.807, 2.05) is 13.0 Å². The van der Waals surface area contributed by atoms with Gasteiger partial charge < -0.3 is 25.3 Å². The number of hydrogen-bond donors (Lipinski definition) is 2. The van der Waals surface area contributed by atoms with Crippen LogP contribution in [0.25, 0.3) is 5.65 Å². The molecule has 2 fully saturated rings. The molecule has 0 bridgehead atoms. The largest absolute Gasteiger partial charge is 0.397 e. The average Bonchev–Trinajstić information content (AvgIpc) is 3.23. The summed E-state index contributed by atoms with van der Waals surface area (Å²) in [5, 5.41) is 2.78. The number of nitrogens with zero attached hydrogens (tertiary/aromatic N) is 5. The Morgan fingerprint density at radius 3 is 2.69 bits per heavy atom. The number of aromatic nitrogens is 2. The molecule has 3 aromatic rings. The van der Waals surface area contributed by atoms with Crippen molar-refractivity contribution in [2.75, 3.05) is 49.2 Å². The van der Waals surface area contributed by atoms with E-state index in [4.69, 9.17) is 5.73 Å². The van der Waals surface area contributed by atoms with Crippen LogP contribution in [-0.2, 0) is 0 Å². The Morgan fingerprint density at radius 2 is 2.03 bits per heavy atom. The van der Waals surface area contributed by atoms with Gasteiger partial charge in [-0.15, -0.1) is 0 Å². The second-order valence-corrected chi connectivity index (χ2v) is 9.61. The number of aliphatic imine (C=N–C) groups is 1. The Labute approximate surface area is 206 Å². The van der Waals surface area contributed by atoms with Gasteiger partial charge in [-0.3, -0.25) is 9.79 Å². The summed E-state index contributed by atoms with van der Waals surface area (Å²) in [6, 6.07) is 4.97. The van der Waals surface area contributed by atoms with Gasteiger partial charge in [0.15, 0.2) is 11.5 Å². The number of benzene rings is 1. The van der Waals surface area contributed by atoms with Crippen molar-refractivity contribution in [3.63, 3.8) is 0 Å². The summed E-state index contributed by atoms with van der Waals surface area (Å²) in [6.07, 6.45) is 8.59. The highest BCUT2D eigenvalue weighted by atomic mass is 19.1. The summed E-state index contributed by atoms with van der Waals surface area (Å²) in [4.78, 5) is 26.6. The molecule has 1 amide bonds. The van der Waals surface area contributed by atoms with Gasteiger partial charge in [0.2, 0.25) is 0 Å². The minimum absolute atomic E-state index is 0. The van der Waals surface area contributed by atoms with Crippen LogP contribution in [0, 0.1) is 12.7 Å². The molecule has 0 atom stereocenters. The molecule has 2 aromatic heterocycles. The number of aryl methyl sites for hydroxylation is 1. The number of amides is 1. The van der Waals surface area contributed by atoms with Crippen LogP contribution >= 0.6 is 0 Å². The van der Waals surface area contributed by atoms with Gasteiger partial charge in [0.05, 0.1) is 22.6 Å². The van der Waals surface area contributed by atoms with Crippen molar-refractivity contribution in [3.8, 4) is 0 Å². The number of hydrogen-bond acceptors (Lipinski definition) is 6. The first-order chi connectivity index (χ1) is 16.8. The Hall–Kier alpha value is -3.46. The van der Waals surface area contributed by atoms with Crippen molar-refractivity contribution in [2.45, 2.75) is 38.6 Å². The van der Waals surface area contributed by atoms with Crippen LogP contribution in [0.4, 0.5) is 21.5 Å². The predicted octanol–water partition coefficient (Wildman–Crippen LogP) is 3.98. The first-order valence-electron chi connectivity index (χ1n) is 12.2. The third kappa shape index (κ3) is 4.14. The van der Waals surface area contributed by atoms with E-state index in [1.165, 1.54) is 19.0 Å². The number of anilines is 3. The molecule has 35 heavy (non-hydrogen) atoms. The predicted molar refractivity (Wildman–Crippen MR) is 140 cm³/mol. The maximum Gasteiger partial charge on any atom is 0.257 e. The third-order valence-electron chi connectivity index (χ3n) is 7.55. The lowest BCUT2D eigenvalue weighted by atomic mass is 9.77. The lowest BCUT2D eigenvalue weighted by Gasteiger charge is -2.55. The highest BCUT2D eigenvalue weighted by Crippen LogP contribution is 2.40. The number of imidazole rings is 1. The van der Waals surface area contributed by atoms with E-state index in [0.29, 0.717) is 34.7 Å². The van der Waals surface area contributed by atoms with Gasteiger partial charge in [0, 0.05) is 69.1 Å². The maximum atomic E-state index is 14.5. The Bertz CT molecular complexity index is 1310. The van der Waals surface area contributed by atoms with Crippen molar-refractivity contribution < 1.29 is 10.6 Å². The molecule has 5 rings (SSSR count). The van der Waals surface area contributed by atoms with Crippen LogP contribution in [0.15, 0.2) is 35.6 Å². The minimum atomic E-state index is -0.505. The Balaban J connectivity index is 0.00000304. The second-order valence-electron chi connectivity index (χ2n) is 9.61. The average molecular weight is 480 g/mol. The van der Waals surface area contributed by atoms with Crippen molar-refractivity contribution in [3.05, 3.63) is 53.2 Å². The second kappa shape index (κ2) is 8.96. The molecule has 2 saturated heterocycles. The number of fused-ring (bicyclic) bond motifs is 1. The normalized spacial score (nSPS) is 17.9. The lowest BCUT2D eigenvalue weighted by Crippen LogP contribution is -2.62. The van der Waals surface area contributed by atoms with Gasteiger partial charge in [-0.2, -0.15) is 0 Å². The van der Waals surface area contributed by atoms with Gasteiger partial charge in [0.25, 0.3) is 5.91 Å². The number of nitrogen functional groups attached to an aromatic ring is 1. The van der Waals surface area contributed by atoms with Gasteiger partial charge >= 0.3 is 0 Å². The van der Waals surface area contributed by atoms with E-state index < -0.39 is 11.7 Å². The zero-order valence-electron chi connectivity index (χ0n) is 20.5. The number of halogens is 1. The SMILES string of the molecule is CCN=Cc1c(N2CCC3(CC2)CCN3C)ccc(C(=O)Nc2cc(F)c3nc(C)cn3c2)c1N.[HH]. The molecule has 0 aliphatic carbocycles. The Kier molecular flexibility index (Phi) is 5.96. The molecule has 2 aliphatic rings. The summed E-state index contributed by atoms with van der Waals surface area (Å²) < 4.78 is 16.0. The van der Waals surface area contributed by atoms with Crippen LogP contribution < -0.4 is 16.0 Å². The molecular formula is C26H34FN7O. The molecule has 186 valence electrons. The standard InChI is InChI=1S/C26H32FN7O.H2/c1-4-29-14-20-22(33-11-8-26(9-12-33)7-10-32(26)3)6-5-19(23(20)28)25(35)31-18-13-21(27)24-30-17(2)15-34(24)16-18;/h5-6,13-16H,4,7-12,28H2,1-3H3,(H,31,35);1H. The number of pyridine rings is 1. The van der Waals surface area contributed by atoms with Gasteiger partial charge in [0.1, 0.15) is 0 Å². The fourth-order valence-electron chi connectivity index (χ4n) is 5.31. The number of carbonyl (C=O) groups is 1. The van der Waals surface area contributed by atoms with Crippen LogP contribution in [0.1, 0.15) is 49.2 Å². The molecule has 3 N–H and O–H groups in total. The highest BCUT2D eigenvalue weighted by Gasteiger charge is 2.44. The molecule has 2 aliphatic heterocycles. The number of rotatable bonds is 5. The number of nitrogens with one attached hydrogen (secondary N) is 1. The molecule has 9 heteroatoms. The van der Waals surface area contributed by atoms with Crippen molar-refractivity contribution in [1.29, 1.82) is 0 Å². The lowest BCUT2D eigenvalue weighted by molar-refractivity contribution is -0.00915. The number of piperidine rings is 1. The van der Waals surface area contributed by atoms with E-state index in [0.717, 1.165) is 37.2 Å². The van der Waals surface area contributed by atoms with Crippen molar-refractivity contribution >= 4 is 34.8 Å². The van der Waals surface area contributed by atoms with E-state index >= 15 is 0 Å². The molecule has 8 nitrogen and oxygen atoms in total. The smallest absolute Gasteiger partial charge is 0.257 e. The van der Waals surface area contributed by atoms with Gasteiger partial charge in [-0.05, 0) is 52.3 Å². The minimum Gasteiger partial charge on any atom is -0.397 e. The van der Waals surface area contributed by atoms with Crippen molar-refractivity contribution in [1.82, 2.24) is 14.3 Å².